The SMILES string of the molecule is CC(C)(C)NS(=O)(=O)c1ccc(C(=O)NCCCOc2cccc3cccnc23)o1. The van der Waals surface area contributed by atoms with Crippen LogP contribution in [0.15, 0.2) is 58.2 Å². The fourth-order valence-electron chi connectivity index (χ4n) is 2.78. The Balaban J connectivity index is 1.49. The van der Waals surface area contributed by atoms with Gasteiger partial charge in [-0.2, -0.15) is 0 Å². The van der Waals surface area contributed by atoms with Gasteiger partial charge in [0.15, 0.2) is 5.76 Å². The molecule has 0 aliphatic heterocycles. The maximum absolute atomic E-state index is 12.3. The van der Waals surface area contributed by atoms with E-state index in [-0.39, 0.29) is 10.9 Å². The lowest BCUT2D eigenvalue weighted by atomic mass is 10.1. The molecular weight excluding hydrogens is 406 g/mol. The third-order valence-corrected chi connectivity index (χ3v) is 5.60. The number of carbonyl (C=O) groups excluding carboxylic acids is 1. The third kappa shape index (κ3) is 5.58. The van der Waals surface area contributed by atoms with Crippen molar-refractivity contribution in [3.8, 4) is 5.75 Å². The molecule has 160 valence electrons. The molecule has 30 heavy (non-hydrogen) atoms. The van der Waals surface area contributed by atoms with Crippen molar-refractivity contribution < 1.29 is 22.4 Å². The molecular formula is C21H25N3O5S. The number of amides is 1. The minimum Gasteiger partial charge on any atom is -0.491 e. The number of sulfonamides is 1. The molecule has 0 saturated heterocycles. The fourth-order valence-corrected chi connectivity index (χ4v) is 4.13. The lowest BCUT2D eigenvalue weighted by Crippen LogP contribution is -2.40. The Morgan fingerprint density at radius 1 is 1.13 bits per heavy atom. The summed E-state index contributed by atoms with van der Waals surface area (Å²) >= 11 is 0. The van der Waals surface area contributed by atoms with E-state index in [1.807, 2.05) is 30.3 Å². The number of benzene rings is 1. The van der Waals surface area contributed by atoms with Crippen LogP contribution in [0.1, 0.15) is 37.7 Å². The Bertz CT molecular complexity index is 1130. The van der Waals surface area contributed by atoms with Crippen molar-refractivity contribution in [3.05, 3.63) is 54.4 Å². The van der Waals surface area contributed by atoms with Crippen LogP contribution in [-0.4, -0.2) is 38.0 Å². The summed E-state index contributed by atoms with van der Waals surface area (Å²) in [5, 5.41) is 3.39. The van der Waals surface area contributed by atoms with Crippen molar-refractivity contribution in [2.45, 2.75) is 37.8 Å². The second kappa shape index (κ2) is 8.85. The number of nitrogens with zero attached hydrogens (tertiary/aromatic N) is 1. The normalized spacial score (nSPS) is 12.1. The molecule has 1 amide bonds. The van der Waals surface area contributed by atoms with Crippen molar-refractivity contribution in [2.24, 2.45) is 0 Å². The molecule has 0 bridgehead atoms. The molecule has 0 saturated carbocycles. The van der Waals surface area contributed by atoms with Gasteiger partial charge in [0.2, 0.25) is 5.09 Å². The largest absolute Gasteiger partial charge is 0.491 e. The highest BCUT2D eigenvalue weighted by atomic mass is 32.2. The number of carbonyl (C=O) groups is 1. The van der Waals surface area contributed by atoms with Crippen LogP contribution in [0.4, 0.5) is 0 Å². The Hall–Kier alpha value is -2.91. The van der Waals surface area contributed by atoms with Gasteiger partial charge in [-0.1, -0.05) is 18.2 Å². The van der Waals surface area contributed by atoms with Crippen LogP contribution in [0, 0.1) is 0 Å². The predicted octanol–water partition coefficient (Wildman–Crippen LogP) is 3.10. The molecule has 0 aliphatic rings. The number of pyridine rings is 1. The fraction of sp³-hybridized carbons (Fsp3) is 0.333. The van der Waals surface area contributed by atoms with Crippen molar-refractivity contribution in [3.63, 3.8) is 0 Å². The van der Waals surface area contributed by atoms with Gasteiger partial charge in [-0.25, -0.2) is 13.1 Å². The highest BCUT2D eigenvalue weighted by molar-refractivity contribution is 7.89. The van der Waals surface area contributed by atoms with E-state index in [9.17, 15) is 13.2 Å². The zero-order valence-corrected chi connectivity index (χ0v) is 18.0. The summed E-state index contributed by atoms with van der Waals surface area (Å²) in [5.41, 5.74) is 0.130. The first-order chi connectivity index (χ1) is 14.2. The molecule has 0 radical (unpaired) electrons. The first-order valence-corrected chi connectivity index (χ1v) is 11.0. The summed E-state index contributed by atoms with van der Waals surface area (Å²) in [7, 11) is -3.83. The topological polar surface area (TPSA) is 111 Å². The minimum absolute atomic E-state index is 0.0662. The van der Waals surface area contributed by atoms with E-state index >= 15 is 0 Å². The van der Waals surface area contributed by atoms with E-state index in [1.165, 1.54) is 12.1 Å². The van der Waals surface area contributed by atoms with E-state index in [0.717, 1.165) is 10.9 Å². The predicted molar refractivity (Wildman–Crippen MR) is 113 cm³/mol. The van der Waals surface area contributed by atoms with Crippen molar-refractivity contribution in [1.82, 2.24) is 15.0 Å². The Kier molecular flexibility index (Phi) is 6.42. The van der Waals surface area contributed by atoms with E-state index < -0.39 is 21.5 Å². The molecule has 8 nitrogen and oxygen atoms in total. The Morgan fingerprint density at radius 3 is 2.67 bits per heavy atom. The Morgan fingerprint density at radius 2 is 1.90 bits per heavy atom. The zero-order chi connectivity index (χ0) is 21.8. The Labute approximate surface area is 175 Å². The summed E-state index contributed by atoms with van der Waals surface area (Å²) in [4.78, 5) is 16.5. The van der Waals surface area contributed by atoms with Crippen LogP contribution in [0.25, 0.3) is 10.9 Å². The standard InChI is InChI=1S/C21H25N3O5S/c1-21(2,3)24-30(26,27)18-11-10-17(29-18)20(25)23-13-6-14-28-16-9-4-7-15-8-5-12-22-19(15)16/h4-5,7-12,24H,6,13-14H2,1-3H3,(H,23,25). The maximum Gasteiger partial charge on any atom is 0.287 e. The van der Waals surface area contributed by atoms with Crippen LogP contribution < -0.4 is 14.8 Å². The molecule has 9 heteroatoms. The van der Waals surface area contributed by atoms with Crippen LogP contribution >= 0.6 is 0 Å². The summed E-state index contributed by atoms with van der Waals surface area (Å²) in [6.45, 7) is 5.90. The molecule has 0 unspecified atom stereocenters. The number of nitrogens with one attached hydrogen (secondary N) is 2. The summed E-state index contributed by atoms with van der Waals surface area (Å²) in [6, 6.07) is 12.1. The number of aromatic nitrogens is 1. The zero-order valence-electron chi connectivity index (χ0n) is 17.1. The second-order valence-corrected chi connectivity index (χ2v) is 9.38. The summed E-state index contributed by atoms with van der Waals surface area (Å²) < 4.78 is 38.0. The van der Waals surface area contributed by atoms with Gasteiger partial charge in [-0.3, -0.25) is 9.78 Å². The number of rotatable bonds is 8. The third-order valence-electron chi connectivity index (χ3n) is 3.97. The average molecular weight is 432 g/mol. The van der Waals surface area contributed by atoms with Crippen molar-refractivity contribution >= 4 is 26.8 Å². The van der Waals surface area contributed by atoms with Gasteiger partial charge in [0.25, 0.3) is 15.9 Å². The molecule has 2 N–H and O–H groups in total. The molecule has 2 heterocycles. The van der Waals surface area contributed by atoms with Gasteiger partial charge in [-0.05, 0) is 51.5 Å². The van der Waals surface area contributed by atoms with E-state index in [1.54, 1.807) is 27.0 Å². The summed E-state index contributed by atoms with van der Waals surface area (Å²) in [5.74, 6) is 0.133. The molecule has 0 spiro atoms. The van der Waals surface area contributed by atoms with Gasteiger partial charge >= 0.3 is 0 Å². The first-order valence-electron chi connectivity index (χ1n) is 9.54. The molecule has 3 aromatic rings. The lowest BCUT2D eigenvalue weighted by Gasteiger charge is -2.18. The van der Waals surface area contributed by atoms with Gasteiger partial charge < -0.3 is 14.5 Å². The number of furan rings is 1. The molecule has 1 aromatic carbocycles. The van der Waals surface area contributed by atoms with E-state index in [2.05, 4.69) is 15.0 Å². The molecule has 0 aliphatic carbocycles. The quantitative estimate of drug-likeness (QED) is 0.530. The monoisotopic (exact) mass is 431 g/mol. The first kappa shape index (κ1) is 21.8. The van der Waals surface area contributed by atoms with Gasteiger partial charge in [0, 0.05) is 23.7 Å². The van der Waals surface area contributed by atoms with Gasteiger partial charge in [0.1, 0.15) is 11.3 Å². The molecule has 0 atom stereocenters. The number of hydrogen-bond acceptors (Lipinski definition) is 6. The second-order valence-electron chi connectivity index (χ2n) is 7.76. The van der Waals surface area contributed by atoms with E-state index in [4.69, 9.17) is 9.15 Å². The van der Waals surface area contributed by atoms with Gasteiger partial charge in [0.05, 0.1) is 6.61 Å². The minimum atomic E-state index is -3.83. The van der Waals surface area contributed by atoms with Crippen LogP contribution in [0.3, 0.4) is 0 Å². The highest BCUT2D eigenvalue weighted by Crippen LogP contribution is 2.23. The average Bonchev–Trinajstić information content (AvgIpc) is 3.17. The van der Waals surface area contributed by atoms with E-state index in [0.29, 0.717) is 25.3 Å². The molecule has 0 fully saturated rings. The van der Waals surface area contributed by atoms with Crippen LogP contribution in [-0.2, 0) is 10.0 Å². The molecule has 2 aromatic heterocycles. The summed E-state index contributed by atoms with van der Waals surface area (Å²) in [6.07, 6.45) is 2.27. The number of fused-ring (bicyclic) bond motifs is 1. The van der Waals surface area contributed by atoms with Gasteiger partial charge in [-0.15, -0.1) is 0 Å². The number of ether oxygens (including phenoxy) is 1. The number of para-hydroxylation sites is 1. The van der Waals surface area contributed by atoms with Crippen molar-refractivity contribution in [2.75, 3.05) is 13.2 Å². The highest BCUT2D eigenvalue weighted by Gasteiger charge is 2.26. The van der Waals surface area contributed by atoms with Crippen LogP contribution in [0.2, 0.25) is 0 Å². The van der Waals surface area contributed by atoms with Crippen LogP contribution in [0.5, 0.6) is 5.75 Å². The lowest BCUT2D eigenvalue weighted by molar-refractivity contribution is 0.0918. The number of hydrogen-bond donors (Lipinski definition) is 2. The smallest absolute Gasteiger partial charge is 0.287 e. The van der Waals surface area contributed by atoms with Crippen molar-refractivity contribution in [1.29, 1.82) is 0 Å². The maximum atomic E-state index is 12.3. The molecule has 3 rings (SSSR count).